The average molecular weight is 398 g/mol. The van der Waals surface area contributed by atoms with Crippen LogP contribution in [0.4, 0.5) is 0 Å². The lowest BCUT2D eigenvalue weighted by Gasteiger charge is -2.06. The number of ether oxygens (including phenoxy) is 2. The molecule has 1 heterocycles. The number of rotatable bonds is 6. The molecule has 0 aliphatic rings. The molecule has 30 heavy (non-hydrogen) atoms. The second-order valence-electron chi connectivity index (χ2n) is 6.85. The number of furan rings is 1. The number of benzene rings is 3. The van der Waals surface area contributed by atoms with E-state index in [1.807, 2.05) is 42.5 Å². The molecule has 0 spiro atoms. The van der Waals surface area contributed by atoms with Gasteiger partial charge in [0.2, 0.25) is 0 Å². The summed E-state index contributed by atoms with van der Waals surface area (Å²) in [5.41, 5.74) is 6.13. The Kier molecular flexibility index (Phi) is 5.57. The number of hydrogen-bond donors (Lipinski definition) is 1. The molecule has 0 atom stereocenters. The van der Waals surface area contributed by atoms with Gasteiger partial charge in [-0.2, -0.15) is 0 Å². The Morgan fingerprint density at radius 2 is 1.17 bits per heavy atom. The third-order valence-electron chi connectivity index (χ3n) is 4.90. The monoisotopic (exact) mass is 398 g/mol. The summed E-state index contributed by atoms with van der Waals surface area (Å²) in [6.45, 7) is 0. The van der Waals surface area contributed by atoms with Crippen molar-refractivity contribution in [3.63, 3.8) is 0 Å². The van der Waals surface area contributed by atoms with Crippen LogP contribution in [-0.4, -0.2) is 19.3 Å². The highest BCUT2D eigenvalue weighted by Crippen LogP contribution is 2.34. The predicted molar refractivity (Wildman–Crippen MR) is 120 cm³/mol. The van der Waals surface area contributed by atoms with E-state index in [9.17, 15) is 5.11 Å². The van der Waals surface area contributed by atoms with E-state index >= 15 is 0 Å². The van der Waals surface area contributed by atoms with Crippen molar-refractivity contribution in [3.8, 4) is 39.5 Å². The summed E-state index contributed by atoms with van der Waals surface area (Å²) in [7, 11) is 3.28. The molecule has 0 aliphatic heterocycles. The normalized spacial score (nSPS) is 11.0. The first-order valence-electron chi connectivity index (χ1n) is 9.53. The molecular formula is C26H22O4. The second kappa shape index (κ2) is 8.62. The Morgan fingerprint density at radius 1 is 0.667 bits per heavy atom. The smallest absolute Gasteiger partial charge is 0.123 e. The molecule has 4 heteroatoms. The number of methoxy groups -OCH3 is 2. The van der Waals surface area contributed by atoms with Crippen molar-refractivity contribution in [1.82, 2.24) is 0 Å². The molecule has 4 nitrogen and oxygen atoms in total. The molecule has 0 bridgehead atoms. The van der Waals surface area contributed by atoms with Gasteiger partial charge in [-0.3, -0.25) is 0 Å². The highest BCUT2D eigenvalue weighted by atomic mass is 16.5. The standard InChI is InChI=1S/C26H22O4/c1-28-23-13-19(14-24(15-23)29-2)4-3-18-5-7-20(8-6-18)25-16-30-17-26(25)21-9-11-22(27)12-10-21/h3-17,27H,1-2H3/b4-3+. The van der Waals surface area contributed by atoms with Gasteiger partial charge in [0, 0.05) is 17.2 Å². The van der Waals surface area contributed by atoms with Crippen molar-refractivity contribution in [2.75, 3.05) is 14.2 Å². The van der Waals surface area contributed by atoms with E-state index in [-0.39, 0.29) is 5.75 Å². The van der Waals surface area contributed by atoms with Crippen molar-refractivity contribution < 1.29 is 19.0 Å². The number of aromatic hydroxyl groups is 1. The van der Waals surface area contributed by atoms with Crippen molar-refractivity contribution in [2.24, 2.45) is 0 Å². The van der Waals surface area contributed by atoms with Crippen LogP contribution in [0.2, 0.25) is 0 Å². The first kappa shape index (κ1) is 19.4. The minimum atomic E-state index is 0.244. The van der Waals surface area contributed by atoms with Crippen LogP contribution in [0.25, 0.3) is 34.4 Å². The van der Waals surface area contributed by atoms with E-state index in [1.54, 1.807) is 38.9 Å². The zero-order chi connectivity index (χ0) is 20.9. The average Bonchev–Trinajstić information content (AvgIpc) is 3.28. The molecule has 0 radical (unpaired) electrons. The van der Waals surface area contributed by atoms with Crippen LogP contribution in [0.5, 0.6) is 17.2 Å². The van der Waals surface area contributed by atoms with Crippen molar-refractivity contribution >= 4 is 12.2 Å². The van der Waals surface area contributed by atoms with E-state index in [0.717, 1.165) is 44.9 Å². The minimum absolute atomic E-state index is 0.244. The summed E-state index contributed by atoms with van der Waals surface area (Å²) in [5.74, 6) is 1.76. The van der Waals surface area contributed by atoms with Crippen molar-refractivity contribution in [3.05, 3.63) is 90.4 Å². The fourth-order valence-corrected chi connectivity index (χ4v) is 3.28. The maximum atomic E-state index is 9.52. The van der Waals surface area contributed by atoms with Gasteiger partial charge in [-0.25, -0.2) is 0 Å². The highest BCUT2D eigenvalue weighted by molar-refractivity contribution is 5.83. The maximum absolute atomic E-state index is 9.52. The lowest BCUT2D eigenvalue weighted by Crippen LogP contribution is -1.88. The van der Waals surface area contributed by atoms with Crippen LogP contribution < -0.4 is 9.47 Å². The molecule has 0 unspecified atom stereocenters. The number of phenolic OH excluding ortho intramolecular Hbond substituents is 1. The summed E-state index contributed by atoms with van der Waals surface area (Å²) in [6, 6.07) is 21.1. The SMILES string of the molecule is COc1cc(/C=C/c2ccc(-c3cocc3-c3ccc(O)cc3)cc2)cc(OC)c1. The predicted octanol–water partition coefficient (Wildman–Crippen LogP) is 6.51. The molecule has 1 aromatic heterocycles. The van der Waals surface area contributed by atoms with Crippen molar-refractivity contribution in [1.29, 1.82) is 0 Å². The molecule has 150 valence electrons. The zero-order valence-electron chi connectivity index (χ0n) is 16.8. The third kappa shape index (κ3) is 4.23. The van der Waals surface area contributed by atoms with Gasteiger partial charge in [0.05, 0.1) is 26.7 Å². The van der Waals surface area contributed by atoms with E-state index < -0.39 is 0 Å². The highest BCUT2D eigenvalue weighted by Gasteiger charge is 2.10. The molecule has 0 aliphatic carbocycles. The lowest BCUT2D eigenvalue weighted by atomic mass is 9.98. The molecule has 0 fully saturated rings. The largest absolute Gasteiger partial charge is 0.508 e. The maximum Gasteiger partial charge on any atom is 0.123 e. The minimum Gasteiger partial charge on any atom is -0.508 e. The second-order valence-corrected chi connectivity index (χ2v) is 6.85. The van der Waals surface area contributed by atoms with Gasteiger partial charge >= 0.3 is 0 Å². The molecule has 4 rings (SSSR count). The topological polar surface area (TPSA) is 51.8 Å². The Morgan fingerprint density at radius 3 is 1.70 bits per heavy atom. The van der Waals surface area contributed by atoms with Gasteiger partial charge < -0.3 is 19.0 Å². The van der Waals surface area contributed by atoms with Gasteiger partial charge in [0.25, 0.3) is 0 Å². The Hall–Kier alpha value is -3.92. The van der Waals surface area contributed by atoms with Gasteiger partial charge in [-0.1, -0.05) is 48.6 Å². The Balaban J connectivity index is 1.57. The number of hydrogen-bond acceptors (Lipinski definition) is 4. The summed E-state index contributed by atoms with van der Waals surface area (Å²) in [5, 5.41) is 9.52. The van der Waals surface area contributed by atoms with Crippen LogP contribution in [0, 0.1) is 0 Å². The van der Waals surface area contributed by atoms with E-state index in [2.05, 4.69) is 24.3 Å². The molecule has 0 saturated heterocycles. The van der Waals surface area contributed by atoms with Gasteiger partial charge in [-0.15, -0.1) is 0 Å². The third-order valence-corrected chi connectivity index (χ3v) is 4.90. The van der Waals surface area contributed by atoms with E-state index in [4.69, 9.17) is 13.9 Å². The summed E-state index contributed by atoms with van der Waals surface area (Å²) in [6.07, 6.45) is 7.55. The van der Waals surface area contributed by atoms with Crippen LogP contribution in [0.3, 0.4) is 0 Å². The van der Waals surface area contributed by atoms with Gasteiger partial charge in [0.1, 0.15) is 17.2 Å². The number of phenols is 1. The summed E-state index contributed by atoms with van der Waals surface area (Å²) in [4.78, 5) is 0. The molecule has 4 aromatic rings. The van der Waals surface area contributed by atoms with Crippen LogP contribution in [0.15, 0.2) is 83.7 Å². The summed E-state index contributed by atoms with van der Waals surface area (Å²) < 4.78 is 16.1. The fourth-order valence-electron chi connectivity index (χ4n) is 3.28. The Labute approximate surface area is 175 Å². The van der Waals surface area contributed by atoms with Gasteiger partial charge in [0.15, 0.2) is 0 Å². The molecular weight excluding hydrogens is 376 g/mol. The van der Waals surface area contributed by atoms with Crippen molar-refractivity contribution in [2.45, 2.75) is 0 Å². The van der Waals surface area contributed by atoms with E-state index in [0.29, 0.717) is 0 Å². The fraction of sp³-hybridized carbons (Fsp3) is 0.0769. The lowest BCUT2D eigenvalue weighted by molar-refractivity contribution is 0.394. The molecule has 0 saturated carbocycles. The van der Waals surface area contributed by atoms with Crippen LogP contribution in [0.1, 0.15) is 11.1 Å². The van der Waals surface area contributed by atoms with Crippen LogP contribution >= 0.6 is 0 Å². The molecule has 1 N–H and O–H groups in total. The molecule has 0 amide bonds. The first-order chi connectivity index (χ1) is 14.7. The van der Waals surface area contributed by atoms with E-state index in [1.165, 1.54) is 0 Å². The quantitative estimate of drug-likeness (QED) is 0.376. The first-order valence-corrected chi connectivity index (χ1v) is 9.53. The zero-order valence-corrected chi connectivity index (χ0v) is 16.8. The van der Waals surface area contributed by atoms with Gasteiger partial charge in [-0.05, 0) is 46.5 Å². The van der Waals surface area contributed by atoms with Crippen LogP contribution in [-0.2, 0) is 0 Å². The Bertz CT molecular complexity index is 1130. The summed E-state index contributed by atoms with van der Waals surface area (Å²) >= 11 is 0. The molecule has 3 aromatic carbocycles.